The molecule has 0 bridgehead atoms. The summed E-state index contributed by atoms with van der Waals surface area (Å²) in [5.41, 5.74) is 4.08. The van der Waals surface area contributed by atoms with Crippen LogP contribution in [0.3, 0.4) is 0 Å². The standard InChI is InChI=1S/C16H21N3/c1-12-11-13-5-3-4-6-16(13)18-15(12)8-7-14-9-10-17-19(14)2/h3-6,9-10,12,15,18H,7-8,11H2,1-2H3. The lowest BCUT2D eigenvalue weighted by atomic mass is 9.86. The molecule has 1 aromatic heterocycles. The quantitative estimate of drug-likeness (QED) is 0.913. The average Bonchev–Trinajstić information content (AvgIpc) is 2.82. The largest absolute Gasteiger partial charge is 0.382 e. The van der Waals surface area contributed by atoms with E-state index in [9.17, 15) is 0 Å². The normalized spacial score (nSPS) is 21.8. The molecule has 0 amide bonds. The number of nitrogens with one attached hydrogen (secondary N) is 1. The molecule has 100 valence electrons. The molecular weight excluding hydrogens is 234 g/mol. The zero-order valence-electron chi connectivity index (χ0n) is 11.6. The Bertz CT molecular complexity index is 559. The maximum Gasteiger partial charge on any atom is 0.0492 e. The van der Waals surface area contributed by atoms with Crippen LogP contribution in [0.15, 0.2) is 36.5 Å². The minimum atomic E-state index is 0.560. The van der Waals surface area contributed by atoms with Crippen LogP contribution in [0.2, 0.25) is 0 Å². The van der Waals surface area contributed by atoms with Crippen LogP contribution in [-0.4, -0.2) is 15.8 Å². The molecule has 3 heteroatoms. The predicted octanol–water partition coefficient (Wildman–Crippen LogP) is 3.03. The van der Waals surface area contributed by atoms with Crippen molar-refractivity contribution in [3.63, 3.8) is 0 Å². The summed E-state index contributed by atoms with van der Waals surface area (Å²) in [6.07, 6.45) is 5.30. The van der Waals surface area contributed by atoms with Gasteiger partial charge in [0.15, 0.2) is 0 Å². The first-order valence-electron chi connectivity index (χ1n) is 7.05. The molecule has 1 aliphatic heterocycles. The maximum atomic E-state index is 4.23. The molecule has 2 aromatic rings. The van der Waals surface area contributed by atoms with E-state index < -0.39 is 0 Å². The van der Waals surface area contributed by atoms with E-state index in [4.69, 9.17) is 0 Å². The van der Waals surface area contributed by atoms with E-state index in [1.165, 1.54) is 23.4 Å². The van der Waals surface area contributed by atoms with Gasteiger partial charge in [-0.2, -0.15) is 5.10 Å². The molecule has 2 atom stereocenters. The van der Waals surface area contributed by atoms with Crippen LogP contribution >= 0.6 is 0 Å². The molecule has 0 spiro atoms. The first-order chi connectivity index (χ1) is 9.24. The Morgan fingerprint density at radius 1 is 1.32 bits per heavy atom. The van der Waals surface area contributed by atoms with E-state index in [-0.39, 0.29) is 0 Å². The summed E-state index contributed by atoms with van der Waals surface area (Å²) in [6.45, 7) is 2.34. The molecule has 0 saturated carbocycles. The minimum Gasteiger partial charge on any atom is -0.382 e. The lowest BCUT2D eigenvalue weighted by Gasteiger charge is -2.32. The predicted molar refractivity (Wildman–Crippen MR) is 78.2 cm³/mol. The van der Waals surface area contributed by atoms with Crippen LogP contribution in [0, 0.1) is 5.92 Å². The number of benzene rings is 1. The summed E-state index contributed by atoms with van der Waals surface area (Å²) in [7, 11) is 2.02. The lowest BCUT2D eigenvalue weighted by molar-refractivity contribution is 0.437. The Kier molecular flexibility index (Phi) is 3.28. The molecule has 0 radical (unpaired) electrons. The molecule has 1 aliphatic rings. The molecule has 3 rings (SSSR count). The zero-order valence-corrected chi connectivity index (χ0v) is 11.6. The van der Waals surface area contributed by atoms with Gasteiger partial charge in [-0.05, 0) is 42.9 Å². The third kappa shape index (κ3) is 2.50. The van der Waals surface area contributed by atoms with Gasteiger partial charge >= 0.3 is 0 Å². The van der Waals surface area contributed by atoms with Gasteiger partial charge in [0.25, 0.3) is 0 Å². The van der Waals surface area contributed by atoms with Crippen LogP contribution in [0.25, 0.3) is 0 Å². The van der Waals surface area contributed by atoms with Crippen molar-refractivity contribution in [2.24, 2.45) is 13.0 Å². The lowest BCUT2D eigenvalue weighted by Crippen LogP contribution is -2.33. The summed E-state index contributed by atoms with van der Waals surface area (Å²) < 4.78 is 1.97. The summed E-state index contributed by atoms with van der Waals surface area (Å²) in [5.74, 6) is 0.683. The molecule has 19 heavy (non-hydrogen) atoms. The Morgan fingerprint density at radius 2 is 2.16 bits per heavy atom. The fourth-order valence-electron chi connectivity index (χ4n) is 2.98. The number of anilines is 1. The van der Waals surface area contributed by atoms with Gasteiger partial charge in [-0.1, -0.05) is 25.1 Å². The van der Waals surface area contributed by atoms with Crippen molar-refractivity contribution in [3.8, 4) is 0 Å². The van der Waals surface area contributed by atoms with Gasteiger partial charge in [0.05, 0.1) is 0 Å². The minimum absolute atomic E-state index is 0.560. The Morgan fingerprint density at radius 3 is 2.95 bits per heavy atom. The van der Waals surface area contributed by atoms with Gasteiger partial charge in [0.1, 0.15) is 0 Å². The van der Waals surface area contributed by atoms with Crippen molar-refractivity contribution in [1.29, 1.82) is 0 Å². The second kappa shape index (κ2) is 5.08. The Labute approximate surface area is 114 Å². The maximum absolute atomic E-state index is 4.23. The van der Waals surface area contributed by atoms with Gasteiger partial charge in [0.2, 0.25) is 0 Å². The summed E-state index contributed by atoms with van der Waals surface area (Å²) in [5, 5.41) is 7.93. The van der Waals surface area contributed by atoms with Crippen molar-refractivity contribution < 1.29 is 0 Å². The second-order valence-corrected chi connectivity index (χ2v) is 5.57. The fourth-order valence-corrected chi connectivity index (χ4v) is 2.98. The van der Waals surface area contributed by atoms with Crippen LogP contribution in [0.4, 0.5) is 5.69 Å². The highest BCUT2D eigenvalue weighted by Crippen LogP contribution is 2.29. The fraction of sp³-hybridized carbons (Fsp3) is 0.438. The van der Waals surface area contributed by atoms with Crippen LogP contribution in [0.5, 0.6) is 0 Å². The molecule has 2 heterocycles. The number of nitrogens with zero attached hydrogens (tertiary/aromatic N) is 2. The van der Waals surface area contributed by atoms with E-state index in [0.29, 0.717) is 12.0 Å². The molecule has 0 fully saturated rings. The van der Waals surface area contributed by atoms with E-state index in [0.717, 1.165) is 12.8 Å². The van der Waals surface area contributed by atoms with Crippen molar-refractivity contribution in [1.82, 2.24) is 9.78 Å². The molecule has 1 N–H and O–H groups in total. The molecule has 3 nitrogen and oxygen atoms in total. The average molecular weight is 255 g/mol. The Balaban J connectivity index is 1.68. The topological polar surface area (TPSA) is 29.9 Å². The summed E-state index contributed by atoms with van der Waals surface area (Å²) in [6, 6.07) is 11.3. The highest BCUT2D eigenvalue weighted by atomic mass is 15.2. The molecule has 1 aromatic carbocycles. The SMILES string of the molecule is CC1Cc2ccccc2NC1CCc1ccnn1C. The first kappa shape index (κ1) is 12.3. The third-order valence-electron chi connectivity index (χ3n) is 4.22. The summed E-state index contributed by atoms with van der Waals surface area (Å²) >= 11 is 0. The molecule has 0 saturated heterocycles. The number of fused-ring (bicyclic) bond motifs is 1. The van der Waals surface area contributed by atoms with Crippen LogP contribution < -0.4 is 5.32 Å². The van der Waals surface area contributed by atoms with Crippen molar-refractivity contribution in [2.75, 3.05) is 5.32 Å². The Hall–Kier alpha value is -1.77. The van der Waals surface area contributed by atoms with Crippen LogP contribution in [0.1, 0.15) is 24.6 Å². The summed E-state index contributed by atoms with van der Waals surface area (Å²) in [4.78, 5) is 0. The monoisotopic (exact) mass is 255 g/mol. The molecular formula is C16H21N3. The zero-order chi connectivity index (χ0) is 13.2. The van der Waals surface area contributed by atoms with Gasteiger partial charge in [0, 0.05) is 30.7 Å². The van der Waals surface area contributed by atoms with Gasteiger partial charge < -0.3 is 5.32 Å². The first-order valence-corrected chi connectivity index (χ1v) is 7.05. The smallest absolute Gasteiger partial charge is 0.0492 e. The van der Waals surface area contributed by atoms with Gasteiger partial charge in [-0.15, -0.1) is 0 Å². The number of para-hydroxylation sites is 1. The third-order valence-corrected chi connectivity index (χ3v) is 4.22. The van der Waals surface area contributed by atoms with Crippen molar-refractivity contribution in [2.45, 2.75) is 32.2 Å². The van der Waals surface area contributed by atoms with Crippen molar-refractivity contribution in [3.05, 3.63) is 47.8 Å². The highest BCUT2D eigenvalue weighted by Gasteiger charge is 2.24. The van der Waals surface area contributed by atoms with Gasteiger partial charge in [-0.3, -0.25) is 4.68 Å². The second-order valence-electron chi connectivity index (χ2n) is 5.57. The van der Waals surface area contributed by atoms with E-state index >= 15 is 0 Å². The highest BCUT2D eigenvalue weighted by molar-refractivity contribution is 5.54. The van der Waals surface area contributed by atoms with Crippen LogP contribution in [-0.2, 0) is 19.9 Å². The van der Waals surface area contributed by atoms with E-state index in [1.807, 2.05) is 17.9 Å². The number of aromatic nitrogens is 2. The number of rotatable bonds is 3. The number of hydrogen-bond donors (Lipinski definition) is 1. The molecule has 2 unspecified atom stereocenters. The van der Waals surface area contributed by atoms with Gasteiger partial charge in [-0.25, -0.2) is 0 Å². The van der Waals surface area contributed by atoms with E-state index in [1.54, 1.807) is 0 Å². The van der Waals surface area contributed by atoms with Crippen molar-refractivity contribution >= 4 is 5.69 Å². The number of aryl methyl sites for hydroxylation is 2. The number of hydrogen-bond acceptors (Lipinski definition) is 2. The van der Waals surface area contributed by atoms with E-state index in [2.05, 4.69) is 47.7 Å². The molecule has 0 aliphatic carbocycles.